The molecule has 2 amide bonds. The van der Waals surface area contributed by atoms with Crippen molar-refractivity contribution in [3.8, 4) is 11.5 Å². The van der Waals surface area contributed by atoms with Crippen LogP contribution in [0.2, 0.25) is 0 Å². The van der Waals surface area contributed by atoms with Crippen molar-refractivity contribution < 1.29 is 23.6 Å². The third-order valence-electron chi connectivity index (χ3n) is 6.18. The highest BCUT2D eigenvalue weighted by Gasteiger charge is 2.27. The van der Waals surface area contributed by atoms with Crippen molar-refractivity contribution in [1.82, 2.24) is 24.8 Å². The fourth-order valence-electron chi connectivity index (χ4n) is 4.10. The normalized spacial score (nSPS) is 18.1. The highest BCUT2D eigenvalue weighted by atomic mass is 16.6. The Hall–Kier alpha value is -2.98. The van der Waals surface area contributed by atoms with Gasteiger partial charge in [0.2, 0.25) is 0 Å². The van der Waals surface area contributed by atoms with Gasteiger partial charge in [0.1, 0.15) is 12.2 Å². The minimum Gasteiger partial charge on any atom is -0.444 e. The molecule has 2 aliphatic heterocycles. The maximum absolute atomic E-state index is 12.7. The molecule has 2 aliphatic rings. The molecule has 190 valence electrons. The molecule has 10 heteroatoms. The van der Waals surface area contributed by atoms with Crippen molar-refractivity contribution in [3.63, 3.8) is 0 Å². The Kier molecular flexibility index (Phi) is 7.71. The third kappa shape index (κ3) is 6.79. The Bertz CT molecular complexity index is 1000. The fraction of sp³-hybridized carbons (Fsp3) is 0.600. The fourth-order valence-corrected chi connectivity index (χ4v) is 4.10. The van der Waals surface area contributed by atoms with E-state index >= 15 is 0 Å². The number of likely N-dealkylation sites (tertiary alicyclic amines) is 1. The second-order valence-corrected chi connectivity index (χ2v) is 10.2. The van der Waals surface area contributed by atoms with E-state index in [-0.39, 0.29) is 24.7 Å². The summed E-state index contributed by atoms with van der Waals surface area (Å²) in [5.41, 5.74) is 0.907. The molecule has 0 radical (unpaired) electrons. The maximum Gasteiger partial charge on any atom is 0.410 e. The summed E-state index contributed by atoms with van der Waals surface area (Å²) < 4.78 is 16.8. The number of rotatable bonds is 5. The van der Waals surface area contributed by atoms with E-state index < -0.39 is 5.60 Å². The number of carbonyl (C=O) groups is 2. The molecule has 1 aromatic carbocycles. The Morgan fingerprint density at radius 1 is 1.00 bits per heavy atom. The van der Waals surface area contributed by atoms with Crippen molar-refractivity contribution in [2.24, 2.45) is 0 Å². The summed E-state index contributed by atoms with van der Waals surface area (Å²) in [4.78, 5) is 35.2. The van der Waals surface area contributed by atoms with Crippen LogP contribution in [0.1, 0.15) is 49.8 Å². The van der Waals surface area contributed by atoms with Gasteiger partial charge in [0.25, 0.3) is 11.8 Å². The predicted molar refractivity (Wildman–Crippen MR) is 129 cm³/mol. The number of aromatic nitrogens is 2. The summed E-state index contributed by atoms with van der Waals surface area (Å²) in [6, 6.07) is 7.26. The SMILES string of the molecule is CN1CCN(C(=O)c2ccc(-c3nc(COC4CCN(C(=O)OC(C)(C)C)CC4)no3)cc2)CC1. The van der Waals surface area contributed by atoms with Gasteiger partial charge in [0.05, 0.1) is 6.10 Å². The number of benzene rings is 1. The predicted octanol–water partition coefficient (Wildman–Crippen LogP) is 3.04. The van der Waals surface area contributed by atoms with Gasteiger partial charge in [-0.2, -0.15) is 4.98 Å². The Balaban J connectivity index is 1.24. The quantitative estimate of drug-likeness (QED) is 0.637. The molecular formula is C25H35N5O5. The van der Waals surface area contributed by atoms with Crippen LogP contribution in [-0.2, 0) is 16.1 Å². The summed E-state index contributed by atoms with van der Waals surface area (Å²) in [5, 5.41) is 4.02. The number of likely N-dealkylation sites (N-methyl/N-ethyl adjacent to an activating group) is 1. The van der Waals surface area contributed by atoms with Crippen LogP contribution in [-0.4, -0.2) is 94.9 Å². The second-order valence-electron chi connectivity index (χ2n) is 10.2. The number of hydrogen-bond donors (Lipinski definition) is 0. The molecule has 35 heavy (non-hydrogen) atoms. The maximum atomic E-state index is 12.7. The average Bonchev–Trinajstić information content (AvgIpc) is 3.31. The van der Waals surface area contributed by atoms with Crippen LogP contribution >= 0.6 is 0 Å². The summed E-state index contributed by atoms with van der Waals surface area (Å²) in [7, 11) is 2.07. The van der Waals surface area contributed by atoms with Gasteiger partial charge in [0.15, 0.2) is 5.82 Å². The standard InChI is InChI=1S/C25H35N5O5/c1-25(2,3)34-24(32)30-11-9-20(10-12-30)33-17-21-26-22(35-27-21)18-5-7-19(8-6-18)23(31)29-15-13-28(4)14-16-29/h5-8,20H,9-17H2,1-4H3. The van der Waals surface area contributed by atoms with Gasteiger partial charge in [-0.05, 0) is 64.9 Å². The molecule has 2 saturated heterocycles. The molecule has 0 unspecified atom stereocenters. The molecule has 0 spiro atoms. The molecule has 0 atom stereocenters. The topological polar surface area (TPSA) is 101 Å². The lowest BCUT2D eigenvalue weighted by atomic mass is 10.1. The van der Waals surface area contributed by atoms with E-state index in [0.29, 0.717) is 30.4 Å². The molecule has 0 bridgehead atoms. The summed E-state index contributed by atoms with van der Waals surface area (Å²) in [6.45, 7) is 10.3. The number of carbonyl (C=O) groups excluding carboxylic acids is 2. The van der Waals surface area contributed by atoms with E-state index in [1.807, 2.05) is 37.8 Å². The Morgan fingerprint density at radius 2 is 1.66 bits per heavy atom. The van der Waals surface area contributed by atoms with Crippen LogP contribution in [0.5, 0.6) is 0 Å². The van der Waals surface area contributed by atoms with E-state index in [0.717, 1.165) is 44.6 Å². The van der Waals surface area contributed by atoms with E-state index in [9.17, 15) is 9.59 Å². The lowest BCUT2D eigenvalue weighted by Gasteiger charge is -2.33. The van der Waals surface area contributed by atoms with Crippen molar-refractivity contribution in [3.05, 3.63) is 35.7 Å². The summed E-state index contributed by atoms with van der Waals surface area (Å²) in [5.74, 6) is 0.899. The number of nitrogens with zero attached hydrogens (tertiary/aromatic N) is 5. The van der Waals surface area contributed by atoms with E-state index in [4.69, 9.17) is 14.0 Å². The van der Waals surface area contributed by atoms with E-state index in [1.165, 1.54) is 0 Å². The molecule has 2 fully saturated rings. The number of piperidine rings is 1. The van der Waals surface area contributed by atoms with Gasteiger partial charge in [-0.1, -0.05) is 5.16 Å². The largest absolute Gasteiger partial charge is 0.444 e. The van der Waals surface area contributed by atoms with Crippen LogP contribution < -0.4 is 0 Å². The zero-order valence-electron chi connectivity index (χ0n) is 21.0. The molecule has 4 rings (SSSR count). The van der Waals surface area contributed by atoms with Crippen molar-refractivity contribution in [2.75, 3.05) is 46.3 Å². The van der Waals surface area contributed by atoms with Crippen LogP contribution in [0.4, 0.5) is 4.79 Å². The number of amides is 2. The van der Waals surface area contributed by atoms with Crippen molar-refractivity contribution in [2.45, 2.75) is 51.9 Å². The first-order valence-corrected chi connectivity index (χ1v) is 12.2. The minimum absolute atomic E-state index is 0.0236. The van der Waals surface area contributed by atoms with E-state index in [1.54, 1.807) is 17.0 Å². The van der Waals surface area contributed by atoms with Gasteiger partial charge in [-0.25, -0.2) is 4.79 Å². The van der Waals surface area contributed by atoms with Crippen molar-refractivity contribution in [1.29, 1.82) is 0 Å². The molecule has 3 heterocycles. The molecule has 0 saturated carbocycles. The minimum atomic E-state index is -0.499. The molecule has 1 aromatic heterocycles. The highest BCUT2D eigenvalue weighted by molar-refractivity contribution is 5.94. The molecule has 10 nitrogen and oxygen atoms in total. The van der Waals surface area contributed by atoms with E-state index in [2.05, 4.69) is 22.1 Å². The smallest absolute Gasteiger partial charge is 0.410 e. The zero-order chi connectivity index (χ0) is 25.0. The second kappa shape index (κ2) is 10.7. The molecule has 2 aromatic rings. The molecule has 0 aliphatic carbocycles. The lowest BCUT2D eigenvalue weighted by molar-refractivity contribution is -0.0190. The van der Waals surface area contributed by atoms with Crippen molar-refractivity contribution >= 4 is 12.0 Å². The van der Waals surface area contributed by atoms with Gasteiger partial charge in [-0.3, -0.25) is 4.79 Å². The first kappa shape index (κ1) is 25.1. The van der Waals surface area contributed by atoms with Gasteiger partial charge >= 0.3 is 6.09 Å². The third-order valence-corrected chi connectivity index (χ3v) is 6.18. The lowest BCUT2D eigenvalue weighted by Crippen LogP contribution is -2.47. The number of ether oxygens (including phenoxy) is 2. The average molecular weight is 486 g/mol. The number of piperazine rings is 1. The highest BCUT2D eigenvalue weighted by Crippen LogP contribution is 2.21. The van der Waals surface area contributed by atoms with Gasteiger partial charge < -0.3 is 28.7 Å². The first-order chi connectivity index (χ1) is 16.7. The van der Waals surface area contributed by atoms with Crippen LogP contribution in [0, 0.1) is 0 Å². The van der Waals surface area contributed by atoms with Crippen LogP contribution in [0.25, 0.3) is 11.5 Å². The van der Waals surface area contributed by atoms with Crippen LogP contribution in [0.15, 0.2) is 28.8 Å². The summed E-state index contributed by atoms with van der Waals surface area (Å²) in [6.07, 6.45) is 1.20. The molecular weight excluding hydrogens is 450 g/mol. The van der Waals surface area contributed by atoms with Gasteiger partial charge in [0, 0.05) is 50.4 Å². The zero-order valence-corrected chi connectivity index (χ0v) is 21.0. The molecule has 0 N–H and O–H groups in total. The number of hydrogen-bond acceptors (Lipinski definition) is 8. The Morgan fingerprint density at radius 3 is 2.29 bits per heavy atom. The summed E-state index contributed by atoms with van der Waals surface area (Å²) >= 11 is 0. The van der Waals surface area contributed by atoms with Crippen LogP contribution in [0.3, 0.4) is 0 Å². The van der Waals surface area contributed by atoms with Gasteiger partial charge in [-0.15, -0.1) is 0 Å². The Labute approximate surface area is 206 Å². The monoisotopic (exact) mass is 485 g/mol. The first-order valence-electron chi connectivity index (χ1n) is 12.2.